The second-order valence-corrected chi connectivity index (χ2v) is 6.47. The summed E-state index contributed by atoms with van der Waals surface area (Å²) in [5, 5.41) is 12.6. The molecule has 2 N–H and O–H groups in total. The summed E-state index contributed by atoms with van der Waals surface area (Å²) in [5.41, 5.74) is 3.67. The summed E-state index contributed by atoms with van der Waals surface area (Å²) in [6, 6.07) is 15.1. The molecule has 3 aromatic rings. The normalized spacial score (nSPS) is 18.5. The molecule has 0 aliphatic carbocycles. The lowest BCUT2D eigenvalue weighted by molar-refractivity contribution is 0.154. The van der Waals surface area contributed by atoms with E-state index in [1.165, 1.54) is 11.1 Å². The van der Waals surface area contributed by atoms with Crippen LogP contribution < -0.4 is 5.32 Å². The maximum absolute atomic E-state index is 6.17. The Kier molecular flexibility index (Phi) is 5.41. The summed E-state index contributed by atoms with van der Waals surface area (Å²) in [6.45, 7) is 3.92. The molecule has 0 bridgehead atoms. The molecule has 126 valence electrons. The number of aromatic amines is 1. The fraction of sp³-hybridized carbons (Fsp3) is 0.278. The van der Waals surface area contributed by atoms with E-state index in [9.17, 15) is 0 Å². The van der Waals surface area contributed by atoms with E-state index in [-0.39, 0.29) is 12.4 Å². The molecule has 2 aromatic carbocycles. The minimum absolute atomic E-state index is 0. The van der Waals surface area contributed by atoms with Crippen molar-refractivity contribution >= 4 is 34.9 Å². The topological polar surface area (TPSA) is 44.0 Å². The standard InChI is InChI=1S/C18H19ClN4.ClH/c19-16-3-1-2-14(9-16)18-11-20-6-7-23(18)12-13-4-5-15-10-21-22-17(15)8-13;/h1-5,8-10,18,20H,6-7,11-12H2,(H,21,22);1H. The van der Waals surface area contributed by atoms with Crippen LogP contribution in [0.5, 0.6) is 0 Å². The highest BCUT2D eigenvalue weighted by atomic mass is 35.5. The lowest BCUT2D eigenvalue weighted by Crippen LogP contribution is -2.45. The Balaban J connectivity index is 0.00000169. The van der Waals surface area contributed by atoms with E-state index in [1.807, 2.05) is 18.3 Å². The van der Waals surface area contributed by atoms with Crippen LogP contribution in [0.1, 0.15) is 17.2 Å². The Bertz CT molecular complexity index is 817. The summed E-state index contributed by atoms with van der Waals surface area (Å²) in [6.07, 6.45) is 1.86. The molecule has 4 nitrogen and oxygen atoms in total. The maximum atomic E-state index is 6.17. The molecule has 0 saturated carbocycles. The van der Waals surface area contributed by atoms with Crippen molar-refractivity contribution in [1.82, 2.24) is 20.4 Å². The summed E-state index contributed by atoms with van der Waals surface area (Å²) >= 11 is 6.17. The van der Waals surface area contributed by atoms with Crippen LogP contribution in [0.4, 0.5) is 0 Å². The highest BCUT2D eigenvalue weighted by molar-refractivity contribution is 6.30. The van der Waals surface area contributed by atoms with Gasteiger partial charge in [0.05, 0.1) is 11.7 Å². The Hall–Kier alpha value is -1.59. The number of halogens is 2. The molecule has 0 amide bonds. The van der Waals surface area contributed by atoms with Gasteiger partial charge in [-0.15, -0.1) is 12.4 Å². The van der Waals surface area contributed by atoms with Crippen molar-refractivity contribution < 1.29 is 0 Å². The van der Waals surface area contributed by atoms with E-state index < -0.39 is 0 Å². The lowest BCUT2D eigenvalue weighted by atomic mass is 10.0. The molecule has 1 fully saturated rings. The Morgan fingerprint density at radius 3 is 3.00 bits per heavy atom. The minimum atomic E-state index is 0. The molecule has 1 atom stereocenters. The number of hydrogen-bond acceptors (Lipinski definition) is 3. The smallest absolute Gasteiger partial charge is 0.0653 e. The quantitative estimate of drug-likeness (QED) is 0.744. The van der Waals surface area contributed by atoms with Gasteiger partial charge in [0.25, 0.3) is 0 Å². The van der Waals surface area contributed by atoms with Gasteiger partial charge in [-0.2, -0.15) is 5.10 Å². The van der Waals surface area contributed by atoms with Gasteiger partial charge in [-0.1, -0.05) is 35.9 Å². The summed E-state index contributed by atoms with van der Waals surface area (Å²) in [7, 11) is 0. The van der Waals surface area contributed by atoms with Gasteiger partial charge in [-0.25, -0.2) is 0 Å². The van der Waals surface area contributed by atoms with Crippen molar-refractivity contribution in [1.29, 1.82) is 0 Å². The first kappa shape index (κ1) is 17.2. The number of rotatable bonds is 3. The van der Waals surface area contributed by atoms with Gasteiger partial charge >= 0.3 is 0 Å². The van der Waals surface area contributed by atoms with Crippen molar-refractivity contribution in [2.75, 3.05) is 19.6 Å². The zero-order valence-electron chi connectivity index (χ0n) is 13.2. The van der Waals surface area contributed by atoms with Crippen LogP contribution in [0.2, 0.25) is 5.02 Å². The SMILES string of the molecule is Cl.Clc1cccc(C2CNCCN2Cc2ccc3cn[nH]c3c2)c1. The molecule has 0 radical (unpaired) electrons. The number of nitrogens with one attached hydrogen (secondary N) is 2. The number of fused-ring (bicyclic) bond motifs is 1. The molecule has 4 rings (SSSR count). The fourth-order valence-electron chi connectivity index (χ4n) is 3.30. The summed E-state index contributed by atoms with van der Waals surface area (Å²) in [5.74, 6) is 0. The largest absolute Gasteiger partial charge is 0.314 e. The summed E-state index contributed by atoms with van der Waals surface area (Å²) in [4.78, 5) is 2.51. The highest BCUT2D eigenvalue weighted by Crippen LogP contribution is 2.26. The third kappa shape index (κ3) is 3.57. The van der Waals surface area contributed by atoms with Crippen molar-refractivity contribution in [2.24, 2.45) is 0 Å². The van der Waals surface area contributed by atoms with E-state index in [1.54, 1.807) is 0 Å². The third-order valence-corrected chi connectivity index (χ3v) is 4.71. The van der Waals surface area contributed by atoms with E-state index in [0.717, 1.165) is 42.1 Å². The number of aromatic nitrogens is 2. The molecule has 2 heterocycles. The van der Waals surface area contributed by atoms with Crippen LogP contribution >= 0.6 is 24.0 Å². The maximum Gasteiger partial charge on any atom is 0.0653 e. The van der Waals surface area contributed by atoms with E-state index in [4.69, 9.17) is 11.6 Å². The fourth-order valence-corrected chi connectivity index (χ4v) is 3.49. The minimum Gasteiger partial charge on any atom is -0.314 e. The van der Waals surface area contributed by atoms with Crippen LogP contribution in [0, 0.1) is 0 Å². The molecule has 1 aliphatic rings. The predicted molar refractivity (Wildman–Crippen MR) is 101 cm³/mol. The number of benzene rings is 2. The first-order chi connectivity index (χ1) is 11.3. The van der Waals surface area contributed by atoms with Crippen LogP contribution in [0.15, 0.2) is 48.7 Å². The molecule has 1 saturated heterocycles. The Labute approximate surface area is 152 Å². The Morgan fingerprint density at radius 1 is 1.21 bits per heavy atom. The average Bonchev–Trinajstić information content (AvgIpc) is 3.03. The average molecular weight is 363 g/mol. The molecule has 0 spiro atoms. The lowest BCUT2D eigenvalue weighted by Gasteiger charge is -2.36. The van der Waals surface area contributed by atoms with Crippen molar-refractivity contribution in [3.8, 4) is 0 Å². The number of nitrogens with zero attached hydrogens (tertiary/aromatic N) is 2. The first-order valence-corrected chi connectivity index (χ1v) is 8.30. The number of H-pyrrole nitrogens is 1. The summed E-state index contributed by atoms with van der Waals surface area (Å²) < 4.78 is 0. The van der Waals surface area contributed by atoms with Gasteiger partial charge in [-0.3, -0.25) is 10.00 Å². The monoisotopic (exact) mass is 362 g/mol. The molecular weight excluding hydrogens is 343 g/mol. The van der Waals surface area contributed by atoms with Crippen LogP contribution in [-0.2, 0) is 6.54 Å². The first-order valence-electron chi connectivity index (χ1n) is 7.92. The van der Waals surface area contributed by atoms with Gasteiger partial charge < -0.3 is 5.32 Å². The van der Waals surface area contributed by atoms with Gasteiger partial charge in [0, 0.05) is 42.6 Å². The van der Waals surface area contributed by atoms with Gasteiger partial charge in [0.15, 0.2) is 0 Å². The van der Waals surface area contributed by atoms with E-state index in [2.05, 4.69) is 50.7 Å². The number of piperazine rings is 1. The van der Waals surface area contributed by atoms with Gasteiger partial charge in [-0.05, 0) is 29.3 Å². The molecule has 6 heteroatoms. The molecule has 1 aromatic heterocycles. The van der Waals surface area contributed by atoms with Gasteiger partial charge in [0.2, 0.25) is 0 Å². The van der Waals surface area contributed by atoms with Crippen molar-refractivity contribution in [2.45, 2.75) is 12.6 Å². The third-order valence-electron chi connectivity index (χ3n) is 4.48. The van der Waals surface area contributed by atoms with Crippen LogP contribution in [0.3, 0.4) is 0 Å². The molecule has 24 heavy (non-hydrogen) atoms. The van der Waals surface area contributed by atoms with Crippen LogP contribution in [0.25, 0.3) is 10.9 Å². The second-order valence-electron chi connectivity index (χ2n) is 6.04. The van der Waals surface area contributed by atoms with E-state index >= 15 is 0 Å². The highest BCUT2D eigenvalue weighted by Gasteiger charge is 2.24. The zero-order valence-corrected chi connectivity index (χ0v) is 14.8. The zero-order chi connectivity index (χ0) is 15.6. The molecule has 1 aliphatic heterocycles. The predicted octanol–water partition coefficient (Wildman–Crippen LogP) is 3.78. The number of hydrogen-bond donors (Lipinski definition) is 2. The van der Waals surface area contributed by atoms with Crippen molar-refractivity contribution in [3.05, 3.63) is 64.8 Å². The Morgan fingerprint density at radius 2 is 2.12 bits per heavy atom. The molecular formula is C18H20Cl2N4. The second kappa shape index (κ2) is 7.53. The van der Waals surface area contributed by atoms with Gasteiger partial charge in [0.1, 0.15) is 0 Å². The van der Waals surface area contributed by atoms with Crippen LogP contribution in [-0.4, -0.2) is 34.7 Å². The van der Waals surface area contributed by atoms with Crippen molar-refractivity contribution in [3.63, 3.8) is 0 Å². The molecule has 1 unspecified atom stereocenters. The van der Waals surface area contributed by atoms with E-state index in [0.29, 0.717) is 6.04 Å².